The van der Waals surface area contributed by atoms with E-state index >= 15 is 0 Å². The summed E-state index contributed by atoms with van der Waals surface area (Å²) in [7, 11) is 0. The second kappa shape index (κ2) is 2.83. The third-order valence-electron chi connectivity index (χ3n) is 2.61. The predicted octanol–water partition coefficient (Wildman–Crippen LogP) is 1.35. The average Bonchev–Trinajstić information content (AvgIpc) is 2.59. The van der Waals surface area contributed by atoms with Gasteiger partial charge in [-0.2, -0.15) is 0 Å². The maximum atomic E-state index is 5.57. The van der Waals surface area contributed by atoms with Crippen molar-refractivity contribution >= 4 is 0 Å². The highest BCUT2D eigenvalue weighted by Gasteiger charge is 2.33. The Hall–Kier alpha value is -1.32. The van der Waals surface area contributed by atoms with Gasteiger partial charge in [0.1, 0.15) is 11.9 Å². The highest BCUT2D eigenvalue weighted by molar-refractivity contribution is 5.52. The molecule has 0 bridgehead atoms. The van der Waals surface area contributed by atoms with Gasteiger partial charge in [0.15, 0.2) is 0 Å². The van der Waals surface area contributed by atoms with Gasteiger partial charge in [-0.25, -0.2) is 0 Å². The summed E-state index contributed by atoms with van der Waals surface area (Å²) in [5.74, 6) is 0.885. The van der Waals surface area contributed by atoms with Crippen molar-refractivity contribution in [1.29, 1.82) is 0 Å². The van der Waals surface area contributed by atoms with Gasteiger partial charge >= 0.3 is 0 Å². The van der Waals surface area contributed by atoms with Crippen LogP contribution in [0.5, 0.6) is 0 Å². The lowest BCUT2D eigenvalue weighted by Gasteiger charge is -2.18. The first kappa shape index (κ1) is 8.03. The number of hydrogen-bond acceptors (Lipinski definition) is 3. The SMILES string of the molecule is N[C@H]1OC2=C3CC=CC=C3C=C[C@H]2O1. The molecule has 72 valence electrons. The molecule has 0 radical (unpaired) electrons. The Morgan fingerprint density at radius 1 is 1.43 bits per heavy atom. The van der Waals surface area contributed by atoms with Crippen LogP contribution < -0.4 is 5.73 Å². The third-order valence-corrected chi connectivity index (χ3v) is 2.61. The molecule has 0 spiro atoms. The molecule has 0 aromatic rings. The van der Waals surface area contributed by atoms with Gasteiger partial charge < -0.3 is 9.47 Å². The monoisotopic (exact) mass is 189 g/mol. The van der Waals surface area contributed by atoms with Crippen molar-refractivity contribution < 1.29 is 9.47 Å². The van der Waals surface area contributed by atoms with Crippen molar-refractivity contribution in [1.82, 2.24) is 0 Å². The summed E-state index contributed by atoms with van der Waals surface area (Å²) in [6.07, 6.45) is 10.5. The number of nitrogens with two attached hydrogens (primary N) is 1. The molecule has 3 rings (SSSR count). The molecule has 0 aromatic carbocycles. The number of hydrogen-bond donors (Lipinski definition) is 1. The minimum absolute atomic E-state index is 0.0800. The van der Waals surface area contributed by atoms with Gasteiger partial charge in [0, 0.05) is 5.57 Å². The topological polar surface area (TPSA) is 44.5 Å². The van der Waals surface area contributed by atoms with Crippen molar-refractivity contribution in [3.63, 3.8) is 0 Å². The van der Waals surface area contributed by atoms with E-state index in [1.165, 1.54) is 11.1 Å². The standard InChI is InChI=1S/C11H11NO2/c12-11-13-9-6-5-7-3-1-2-4-8(7)10(9)14-11/h1-3,5-6,9,11H,4,12H2/t9-,11-/m1/s1. The highest BCUT2D eigenvalue weighted by Crippen LogP contribution is 2.35. The molecule has 1 aliphatic heterocycles. The fraction of sp³-hybridized carbons (Fsp3) is 0.273. The van der Waals surface area contributed by atoms with Crippen LogP contribution in [0.2, 0.25) is 0 Å². The van der Waals surface area contributed by atoms with Crippen molar-refractivity contribution in [2.24, 2.45) is 5.73 Å². The normalized spacial score (nSPS) is 33.6. The largest absolute Gasteiger partial charge is 0.452 e. The lowest BCUT2D eigenvalue weighted by molar-refractivity contribution is -0.0381. The van der Waals surface area contributed by atoms with Crippen LogP contribution in [-0.2, 0) is 9.47 Å². The zero-order valence-corrected chi connectivity index (χ0v) is 7.64. The Kier molecular flexibility index (Phi) is 1.63. The molecule has 0 unspecified atom stereocenters. The molecule has 3 nitrogen and oxygen atoms in total. The first-order valence-electron chi connectivity index (χ1n) is 4.71. The van der Waals surface area contributed by atoms with Crippen LogP contribution in [-0.4, -0.2) is 12.5 Å². The molecular weight excluding hydrogens is 178 g/mol. The summed E-state index contributed by atoms with van der Waals surface area (Å²) in [6.45, 7) is 0. The first-order valence-corrected chi connectivity index (χ1v) is 4.71. The van der Waals surface area contributed by atoms with Crippen LogP contribution in [0.25, 0.3) is 0 Å². The predicted molar refractivity (Wildman–Crippen MR) is 51.9 cm³/mol. The van der Waals surface area contributed by atoms with E-state index in [0.717, 1.165) is 12.2 Å². The van der Waals surface area contributed by atoms with Gasteiger partial charge in [0.05, 0.1) is 0 Å². The van der Waals surface area contributed by atoms with E-state index in [1.807, 2.05) is 6.08 Å². The molecule has 0 amide bonds. The van der Waals surface area contributed by atoms with Gasteiger partial charge in [-0.15, -0.1) is 0 Å². The Bertz CT molecular complexity index is 390. The Labute approximate surface area is 82.2 Å². The summed E-state index contributed by atoms with van der Waals surface area (Å²) >= 11 is 0. The van der Waals surface area contributed by atoms with Gasteiger partial charge in [0.25, 0.3) is 6.41 Å². The number of ether oxygens (including phenoxy) is 2. The molecule has 3 heteroatoms. The summed E-state index contributed by atoms with van der Waals surface area (Å²) in [4.78, 5) is 0. The molecule has 14 heavy (non-hydrogen) atoms. The molecule has 1 fully saturated rings. The van der Waals surface area contributed by atoms with E-state index in [0.29, 0.717) is 0 Å². The maximum Gasteiger partial charge on any atom is 0.257 e. The molecule has 2 aliphatic carbocycles. The smallest absolute Gasteiger partial charge is 0.257 e. The Morgan fingerprint density at radius 2 is 2.36 bits per heavy atom. The van der Waals surface area contributed by atoms with Gasteiger partial charge in [0.2, 0.25) is 0 Å². The number of fused-ring (bicyclic) bond motifs is 2. The van der Waals surface area contributed by atoms with Crippen LogP contribution in [0.1, 0.15) is 6.42 Å². The van der Waals surface area contributed by atoms with E-state index in [4.69, 9.17) is 15.2 Å². The lowest BCUT2D eigenvalue weighted by Crippen LogP contribution is -2.20. The molecule has 0 saturated carbocycles. The first-order chi connectivity index (χ1) is 6.84. The molecule has 3 aliphatic rings. The summed E-state index contributed by atoms with van der Waals surface area (Å²) in [5, 5.41) is 0. The van der Waals surface area contributed by atoms with Gasteiger partial charge in [-0.3, -0.25) is 5.73 Å². The van der Waals surface area contributed by atoms with Crippen LogP contribution >= 0.6 is 0 Å². The zero-order valence-electron chi connectivity index (χ0n) is 7.64. The molecular formula is C11H11NO2. The van der Waals surface area contributed by atoms with Crippen LogP contribution in [0.15, 0.2) is 47.3 Å². The zero-order chi connectivity index (χ0) is 9.54. The molecule has 2 atom stereocenters. The van der Waals surface area contributed by atoms with Crippen LogP contribution in [0.4, 0.5) is 0 Å². The fourth-order valence-corrected chi connectivity index (χ4v) is 1.97. The second-order valence-corrected chi connectivity index (χ2v) is 3.50. The highest BCUT2D eigenvalue weighted by atomic mass is 16.7. The summed E-state index contributed by atoms with van der Waals surface area (Å²) in [5.41, 5.74) is 7.97. The molecule has 1 saturated heterocycles. The van der Waals surface area contributed by atoms with E-state index in [2.05, 4.69) is 24.3 Å². The molecule has 2 N–H and O–H groups in total. The fourth-order valence-electron chi connectivity index (χ4n) is 1.97. The Morgan fingerprint density at radius 3 is 3.29 bits per heavy atom. The van der Waals surface area contributed by atoms with Crippen LogP contribution in [0.3, 0.4) is 0 Å². The minimum Gasteiger partial charge on any atom is -0.452 e. The molecule has 0 aromatic heterocycles. The van der Waals surface area contributed by atoms with E-state index in [-0.39, 0.29) is 6.10 Å². The number of allylic oxidation sites excluding steroid dienone is 6. The molecule has 1 heterocycles. The lowest BCUT2D eigenvalue weighted by atomic mass is 9.91. The third kappa shape index (κ3) is 1.06. The Balaban J connectivity index is 2.07. The summed E-state index contributed by atoms with van der Waals surface area (Å²) in [6, 6.07) is 0. The minimum atomic E-state index is -0.614. The summed E-state index contributed by atoms with van der Waals surface area (Å²) < 4.78 is 10.8. The van der Waals surface area contributed by atoms with Crippen molar-refractivity contribution in [3.05, 3.63) is 47.3 Å². The maximum absolute atomic E-state index is 5.57. The van der Waals surface area contributed by atoms with Crippen molar-refractivity contribution in [3.8, 4) is 0 Å². The van der Waals surface area contributed by atoms with E-state index in [9.17, 15) is 0 Å². The van der Waals surface area contributed by atoms with Crippen molar-refractivity contribution in [2.45, 2.75) is 18.9 Å². The van der Waals surface area contributed by atoms with Gasteiger partial charge in [-0.05, 0) is 18.1 Å². The van der Waals surface area contributed by atoms with Crippen molar-refractivity contribution in [2.75, 3.05) is 0 Å². The quantitative estimate of drug-likeness (QED) is 0.625. The van der Waals surface area contributed by atoms with E-state index in [1.54, 1.807) is 0 Å². The average molecular weight is 189 g/mol. The van der Waals surface area contributed by atoms with Gasteiger partial charge in [-0.1, -0.05) is 24.3 Å². The van der Waals surface area contributed by atoms with Crippen LogP contribution in [0, 0.1) is 0 Å². The number of rotatable bonds is 0. The van der Waals surface area contributed by atoms with E-state index < -0.39 is 6.41 Å². The second-order valence-electron chi connectivity index (χ2n) is 3.50.